The van der Waals surface area contributed by atoms with E-state index in [-0.39, 0.29) is 17.8 Å². The molecule has 0 N–H and O–H groups in total. The number of anilines is 1. The van der Waals surface area contributed by atoms with Gasteiger partial charge in [0.1, 0.15) is 11.9 Å². The number of halogens is 6. The van der Waals surface area contributed by atoms with Crippen molar-refractivity contribution in [2.24, 2.45) is 0 Å². The molecule has 0 radical (unpaired) electrons. The Morgan fingerprint density at radius 3 is 2.06 bits per heavy atom. The van der Waals surface area contributed by atoms with Gasteiger partial charge in [0.15, 0.2) is 5.75 Å². The highest BCUT2D eigenvalue weighted by Crippen LogP contribution is 2.42. The zero-order chi connectivity index (χ0) is 23.3. The molecular formula is C20H17F6N3O3. The highest BCUT2D eigenvalue weighted by atomic mass is 19.4. The molecule has 172 valence electrons. The fourth-order valence-corrected chi connectivity index (χ4v) is 4.42. The molecule has 2 saturated heterocycles. The summed E-state index contributed by atoms with van der Waals surface area (Å²) in [6.07, 6.45) is -6.60. The topological polar surface area (TPSA) is 68.5 Å². The second-order valence-electron chi connectivity index (χ2n) is 7.84. The van der Waals surface area contributed by atoms with Crippen LogP contribution in [0.5, 0.6) is 5.75 Å². The normalized spacial score (nSPS) is 23.3. The van der Waals surface area contributed by atoms with Gasteiger partial charge in [0.2, 0.25) is 0 Å². The van der Waals surface area contributed by atoms with Gasteiger partial charge in [-0.25, -0.2) is 4.98 Å². The maximum absolute atomic E-state index is 12.9. The molecule has 0 amide bonds. The number of aromatic nitrogens is 1. The average molecular weight is 461 g/mol. The maximum Gasteiger partial charge on any atom is 0.417 e. The van der Waals surface area contributed by atoms with Crippen LogP contribution in [0, 0.1) is 10.1 Å². The summed E-state index contributed by atoms with van der Waals surface area (Å²) in [6, 6.07) is 4.22. The molecule has 2 fully saturated rings. The van der Waals surface area contributed by atoms with Gasteiger partial charge >= 0.3 is 18.0 Å². The minimum atomic E-state index is -4.72. The molecule has 3 heterocycles. The van der Waals surface area contributed by atoms with Gasteiger partial charge in [-0.1, -0.05) is 0 Å². The van der Waals surface area contributed by atoms with E-state index >= 15 is 0 Å². The highest BCUT2D eigenvalue weighted by Gasteiger charge is 2.43. The number of fused-ring (bicyclic) bond motifs is 2. The third-order valence-corrected chi connectivity index (χ3v) is 5.81. The number of benzene rings is 1. The molecule has 12 heteroatoms. The lowest BCUT2D eigenvalue weighted by molar-refractivity contribution is -0.386. The molecule has 0 spiro atoms. The van der Waals surface area contributed by atoms with E-state index in [4.69, 9.17) is 4.74 Å². The van der Waals surface area contributed by atoms with Gasteiger partial charge in [0.05, 0.1) is 16.1 Å². The summed E-state index contributed by atoms with van der Waals surface area (Å²) in [4.78, 5) is 16.3. The highest BCUT2D eigenvalue weighted by molar-refractivity contribution is 5.50. The zero-order valence-electron chi connectivity index (χ0n) is 16.4. The molecule has 32 heavy (non-hydrogen) atoms. The van der Waals surface area contributed by atoms with Gasteiger partial charge in [-0.3, -0.25) is 10.1 Å². The second-order valence-corrected chi connectivity index (χ2v) is 7.84. The minimum absolute atomic E-state index is 0.100. The molecule has 2 unspecified atom stereocenters. The Morgan fingerprint density at radius 1 is 0.969 bits per heavy atom. The molecule has 2 bridgehead atoms. The van der Waals surface area contributed by atoms with E-state index in [0.717, 1.165) is 37.2 Å². The summed E-state index contributed by atoms with van der Waals surface area (Å²) in [5.74, 6) is 0.165. The molecule has 2 atom stereocenters. The lowest BCUT2D eigenvalue weighted by Crippen LogP contribution is -2.46. The maximum atomic E-state index is 12.9. The van der Waals surface area contributed by atoms with Crippen LogP contribution in [0.25, 0.3) is 0 Å². The predicted molar refractivity (Wildman–Crippen MR) is 100 cm³/mol. The first kappa shape index (κ1) is 22.2. The van der Waals surface area contributed by atoms with Gasteiger partial charge in [-0.15, -0.1) is 0 Å². The molecule has 0 aliphatic carbocycles. The van der Waals surface area contributed by atoms with Crippen LogP contribution in [-0.4, -0.2) is 28.1 Å². The number of nitrogens with zero attached hydrogens (tertiary/aromatic N) is 3. The quantitative estimate of drug-likeness (QED) is 0.337. The van der Waals surface area contributed by atoms with Gasteiger partial charge in [0.25, 0.3) is 0 Å². The second kappa shape index (κ2) is 7.82. The molecule has 6 nitrogen and oxygen atoms in total. The summed E-state index contributed by atoms with van der Waals surface area (Å²) in [7, 11) is 0. The lowest BCUT2D eigenvalue weighted by Gasteiger charge is -2.39. The van der Waals surface area contributed by atoms with E-state index in [1.54, 1.807) is 0 Å². The summed E-state index contributed by atoms with van der Waals surface area (Å²) in [6.45, 7) is 0. The Morgan fingerprint density at radius 2 is 1.56 bits per heavy atom. The standard InChI is InChI=1S/C20H17F6N3O3/c21-19(22,23)11-1-5-17(16(7-11)29(30)31)32-15-8-13-3-4-14(9-15)28(13)18-6-2-12(10-27-18)20(24,25)26/h1-2,5-7,10,13-15H,3-4,8-9H2. The van der Waals surface area contributed by atoms with Crippen molar-refractivity contribution in [3.63, 3.8) is 0 Å². The van der Waals surface area contributed by atoms with Crippen LogP contribution in [0.4, 0.5) is 37.8 Å². The van der Waals surface area contributed by atoms with Crippen LogP contribution < -0.4 is 9.64 Å². The van der Waals surface area contributed by atoms with Crippen molar-refractivity contribution in [3.05, 3.63) is 57.8 Å². The summed E-state index contributed by atoms with van der Waals surface area (Å²) < 4.78 is 82.8. The number of hydrogen-bond donors (Lipinski definition) is 0. The van der Waals surface area contributed by atoms with Gasteiger partial charge in [0, 0.05) is 37.2 Å². The van der Waals surface area contributed by atoms with Gasteiger partial charge in [-0.05, 0) is 37.1 Å². The molecule has 2 aromatic rings. The third-order valence-electron chi connectivity index (χ3n) is 5.81. The van der Waals surface area contributed by atoms with Crippen molar-refractivity contribution < 1.29 is 36.0 Å². The average Bonchev–Trinajstić information content (AvgIpc) is 2.97. The molecular weight excluding hydrogens is 444 g/mol. The Kier molecular flexibility index (Phi) is 5.41. The Hall–Kier alpha value is -3.05. The van der Waals surface area contributed by atoms with E-state index in [1.165, 1.54) is 6.07 Å². The largest absolute Gasteiger partial charge is 0.483 e. The van der Waals surface area contributed by atoms with Crippen molar-refractivity contribution in [2.75, 3.05) is 4.90 Å². The lowest BCUT2D eigenvalue weighted by atomic mass is 9.99. The Labute approximate surface area is 178 Å². The van der Waals surface area contributed by atoms with Crippen LogP contribution in [-0.2, 0) is 12.4 Å². The van der Waals surface area contributed by atoms with E-state index in [2.05, 4.69) is 4.98 Å². The third kappa shape index (κ3) is 4.30. The van der Waals surface area contributed by atoms with E-state index in [0.29, 0.717) is 24.7 Å². The predicted octanol–water partition coefficient (Wildman–Crippen LogP) is 5.61. The van der Waals surface area contributed by atoms with Crippen molar-refractivity contribution in [2.45, 2.75) is 56.2 Å². The monoisotopic (exact) mass is 461 g/mol. The van der Waals surface area contributed by atoms with E-state index < -0.39 is 40.2 Å². The molecule has 1 aromatic carbocycles. The van der Waals surface area contributed by atoms with E-state index in [9.17, 15) is 36.5 Å². The number of nitro benzene ring substituents is 1. The number of alkyl halides is 6. The number of ether oxygens (including phenoxy) is 1. The van der Waals surface area contributed by atoms with Crippen LogP contribution >= 0.6 is 0 Å². The van der Waals surface area contributed by atoms with E-state index in [1.807, 2.05) is 4.90 Å². The van der Waals surface area contributed by atoms with Gasteiger partial charge < -0.3 is 9.64 Å². The zero-order valence-corrected chi connectivity index (χ0v) is 16.4. The van der Waals surface area contributed by atoms with Crippen LogP contribution in [0.1, 0.15) is 36.8 Å². The van der Waals surface area contributed by atoms with Crippen molar-refractivity contribution >= 4 is 11.5 Å². The SMILES string of the molecule is O=[N+]([O-])c1cc(C(F)(F)F)ccc1OC1CC2CCC(C1)N2c1ccc(C(F)(F)F)cn1. The van der Waals surface area contributed by atoms with Gasteiger partial charge in [-0.2, -0.15) is 26.3 Å². The number of rotatable bonds is 4. The van der Waals surface area contributed by atoms with Crippen molar-refractivity contribution in [1.29, 1.82) is 0 Å². The number of hydrogen-bond acceptors (Lipinski definition) is 5. The van der Waals surface area contributed by atoms with Crippen LogP contribution in [0.15, 0.2) is 36.5 Å². The fraction of sp³-hybridized carbons (Fsp3) is 0.450. The van der Waals surface area contributed by atoms with Crippen LogP contribution in [0.3, 0.4) is 0 Å². The molecule has 1 aromatic heterocycles. The summed E-state index contributed by atoms with van der Waals surface area (Å²) in [5.41, 5.74) is -2.75. The smallest absolute Gasteiger partial charge is 0.417 e. The molecule has 2 aliphatic rings. The number of piperidine rings is 1. The van der Waals surface area contributed by atoms with Crippen molar-refractivity contribution in [3.8, 4) is 5.75 Å². The van der Waals surface area contributed by atoms with Crippen molar-refractivity contribution in [1.82, 2.24) is 4.98 Å². The number of pyridine rings is 1. The first-order chi connectivity index (χ1) is 14.9. The minimum Gasteiger partial charge on any atom is -0.483 e. The first-order valence-corrected chi connectivity index (χ1v) is 9.77. The summed E-state index contributed by atoms with van der Waals surface area (Å²) >= 11 is 0. The molecule has 2 aliphatic heterocycles. The number of nitro groups is 1. The van der Waals surface area contributed by atoms with Crippen LogP contribution in [0.2, 0.25) is 0 Å². The Balaban J connectivity index is 1.50. The first-order valence-electron chi connectivity index (χ1n) is 9.77. The fourth-order valence-electron chi connectivity index (χ4n) is 4.42. The molecule has 0 saturated carbocycles. The molecule has 4 rings (SSSR count). The Bertz CT molecular complexity index is 995. The summed E-state index contributed by atoms with van der Waals surface area (Å²) in [5, 5.41) is 11.3.